The third kappa shape index (κ3) is 1.97. The fourth-order valence-electron chi connectivity index (χ4n) is 4.38. The summed E-state index contributed by atoms with van der Waals surface area (Å²) in [6.45, 7) is 0.573. The summed E-state index contributed by atoms with van der Waals surface area (Å²) < 4.78 is 14.6. The molecule has 4 heteroatoms. The summed E-state index contributed by atoms with van der Waals surface area (Å²) in [7, 11) is 0. The van der Waals surface area contributed by atoms with E-state index in [2.05, 4.69) is 4.98 Å². The van der Waals surface area contributed by atoms with E-state index in [0.717, 1.165) is 41.3 Å². The molecule has 2 aromatic carbocycles. The Labute approximate surface area is 145 Å². The predicted octanol–water partition coefficient (Wildman–Crippen LogP) is 4.46. The highest BCUT2D eigenvalue weighted by atomic mass is 19.1. The van der Waals surface area contributed by atoms with Crippen LogP contribution in [0.25, 0.3) is 10.8 Å². The van der Waals surface area contributed by atoms with E-state index in [0.29, 0.717) is 12.1 Å². The molecule has 2 heterocycles. The van der Waals surface area contributed by atoms with E-state index >= 15 is 0 Å². The fourth-order valence-corrected chi connectivity index (χ4v) is 4.38. The number of hydrogen-bond acceptors (Lipinski definition) is 2. The van der Waals surface area contributed by atoms with Gasteiger partial charge in [-0.1, -0.05) is 24.6 Å². The third-order valence-electron chi connectivity index (χ3n) is 5.74. The van der Waals surface area contributed by atoms with Crippen LogP contribution in [-0.2, 0) is 5.41 Å². The van der Waals surface area contributed by atoms with E-state index in [9.17, 15) is 9.18 Å². The summed E-state index contributed by atoms with van der Waals surface area (Å²) in [5.74, 6) is -0.248. The second kappa shape index (κ2) is 5.12. The number of carbonyl (C=O) groups excluding carboxylic acids is 1. The third-order valence-corrected chi connectivity index (χ3v) is 5.74. The standard InChI is InChI=1S/C21H17FN2O/c22-17-6-2-7-18-19(17)21(9-3-10-21)13-24(18)20(25)16-5-1-4-14-12-23-11-8-15(14)16/h1-2,4-8,11-12H,3,9-10,13H2. The lowest BCUT2D eigenvalue weighted by Gasteiger charge is -2.39. The van der Waals surface area contributed by atoms with Gasteiger partial charge in [0, 0.05) is 40.9 Å². The number of anilines is 1. The van der Waals surface area contributed by atoms with Crippen molar-refractivity contribution in [1.29, 1.82) is 0 Å². The van der Waals surface area contributed by atoms with Crippen LogP contribution in [0, 0.1) is 5.82 Å². The van der Waals surface area contributed by atoms with Crippen molar-refractivity contribution >= 4 is 22.4 Å². The molecule has 1 aliphatic carbocycles. The van der Waals surface area contributed by atoms with Crippen LogP contribution in [0.2, 0.25) is 0 Å². The Balaban J connectivity index is 1.65. The predicted molar refractivity (Wildman–Crippen MR) is 95.3 cm³/mol. The van der Waals surface area contributed by atoms with Gasteiger partial charge in [-0.2, -0.15) is 0 Å². The van der Waals surface area contributed by atoms with E-state index < -0.39 is 0 Å². The molecule has 1 saturated carbocycles. The zero-order valence-electron chi connectivity index (χ0n) is 13.7. The molecular weight excluding hydrogens is 315 g/mol. The molecule has 1 amide bonds. The van der Waals surface area contributed by atoms with Crippen molar-refractivity contribution in [3.8, 4) is 0 Å². The van der Waals surface area contributed by atoms with Crippen molar-refractivity contribution in [2.24, 2.45) is 0 Å². The minimum absolute atomic E-state index is 0.0626. The molecule has 0 saturated heterocycles. The molecule has 0 unspecified atom stereocenters. The fraction of sp³-hybridized carbons (Fsp3) is 0.238. The molecule has 2 aliphatic rings. The highest BCUT2D eigenvalue weighted by Gasteiger charge is 2.50. The largest absolute Gasteiger partial charge is 0.307 e. The minimum Gasteiger partial charge on any atom is -0.307 e. The van der Waals surface area contributed by atoms with Gasteiger partial charge >= 0.3 is 0 Å². The molecule has 0 bridgehead atoms. The molecule has 5 rings (SSSR count). The van der Waals surface area contributed by atoms with Crippen LogP contribution in [0.15, 0.2) is 54.9 Å². The Morgan fingerprint density at radius 1 is 1.12 bits per heavy atom. The molecule has 3 aromatic rings. The summed E-state index contributed by atoms with van der Waals surface area (Å²) in [5.41, 5.74) is 1.92. The van der Waals surface area contributed by atoms with Crippen molar-refractivity contribution in [3.63, 3.8) is 0 Å². The first-order chi connectivity index (χ1) is 12.2. The molecule has 0 N–H and O–H groups in total. The first-order valence-electron chi connectivity index (χ1n) is 8.63. The lowest BCUT2D eigenvalue weighted by molar-refractivity contribution is 0.0980. The maximum Gasteiger partial charge on any atom is 0.258 e. The summed E-state index contributed by atoms with van der Waals surface area (Å²) in [4.78, 5) is 19.2. The van der Waals surface area contributed by atoms with Crippen molar-refractivity contribution in [1.82, 2.24) is 4.98 Å². The van der Waals surface area contributed by atoms with E-state index in [-0.39, 0.29) is 17.1 Å². The molecule has 0 atom stereocenters. The van der Waals surface area contributed by atoms with Crippen molar-refractivity contribution in [2.75, 3.05) is 11.4 Å². The van der Waals surface area contributed by atoms with Gasteiger partial charge in [0.25, 0.3) is 5.91 Å². The average molecular weight is 332 g/mol. The number of nitrogens with zero attached hydrogens (tertiary/aromatic N) is 2. The molecule has 3 nitrogen and oxygen atoms in total. The lowest BCUT2D eigenvalue weighted by atomic mass is 9.65. The maximum atomic E-state index is 14.6. The number of halogens is 1. The van der Waals surface area contributed by atoms with Crippen LogP contribution in [0.3, 0.4) is 0 Å². The summed E-state index contributed by atoms with van der Waals surface area (Å²) in [6.07, 6.45) is 6.45. The number of pyridine rings is 1. The Hall–Kier alpha value is -2.75. The van der Waals surface area contributed by atoms with Gasteiger partial charge in [-0.3, -0.25) is 9.78 Å². The second-order valence-electron chi connectivity index (χ2n) is 7.06. The van der Waals surface area contributed by atoms with Crippen LogP contribution in [-0.4, -0.2) is 17.4 Å². The SMILES string of the molecule is O=C(c1cccc2cnccc12)N1CC2(CCC2)c2c(F)cccc21. The molecule has 1 aliphatic heterocycles. The number of hydrogen-bond donors (Lipinski definition) is 0. The van der Waals surface area contributed by atoms with Gasteiger partial charge in [-0.15, -0.1) is 0 Å². The Morgan fingerprint density at radius 2 is 1.96 bits per heavy atom. The zero-order chi connectivity index (χ0) is 17.0. The Kier molecular flexibility index (Phi) is 2.99. The monoisotopic (exact) mass is 332 g/mol. The zero-order valence-corrected chi connectivity index (χ0v) is 13.7. The Bertz CT molecular complexity index is 1000. The van der Waals surface area contributed by atoms with Gasteiger partial charge in [0.05, 0.1) is 5.69 Å². The molecular formula is C21H17FN2O. The smallest absolute Gasteiger partial charge is 0.258 e. The van der Waals surface area contributed by atoms with Crippen molar-refractivity contribution in [3.05, 3.63) is 71.8 Å². The lowest BCUT2D eigenvalue weighted by Crippen LogP contribution is -2.41. The van der Waals surface area contributed by atoms with Crippen molar-refractivity contribution in [2.45, 2.75) is 24.7 Å². The van der Waals surface area contributed by atoms with Gasteiger partial charge in [0.15, 0.2) is 0 Å². The van der Waals surface area contributed by atoms with Gasteiger partial charge in [-0.05, 0) is 42.5 Å². The van der Waals surface area contributed by atoms with Crippen LogP contribution in [0.5, 0.6) is 0 Å². The molecule has 25 heavy (non-hydrogen) atoms. The van der Waals surface area contributed by atoms with Crippen LogP contribution >= 0.6 is 0 Å². The quantitative estimate of drug-likeness (QED) is 0.659. The topological polar surface area (TPSA) is 33.2 Å². The molecule has 1 fully saturated rings. The second-order valence-corrected chi connectivity index (χ2v) is 7.06. The van der Waals surface area contributed by atoms with Crippen LogP contribution in [0.1, 0.15) is 35.2 Å². The summed E-state index contributed by atoms with van der Waals surface area (Å²) in [5, 5.41) is 1.82. The maximum absolute atomic E-state index is 14.6. The number of fused-ring (bicyclic) bond motifs is 3. The van der Waals surface area contributed by atoms with Gasteiger partial charge < -0.3 is 4.90 Å². The number of benzene rings is 2. The number of aromatic nitrogens is 1. The first kappa shape index (κ1) is 14.6. The molecule has 0 radical (unpaired) electrons. The number of amides is 1. The highest BCUT2D eigenvalue weighted by molar-refractivity contribution is 6.15. The number of carbonyl (C=O) groups is 1. The number of rotatable bonds is 1. The Morgan fingerprint density at radius 3 is 2.76 bits per heavy atom. The van der Waals surface area contributed by atoms with E-state index in [4.69, 9.17) is 0 Å². The van der Waals surface area contributed by atoms with Gasteiger partial charge in [0.1, 0.15) is 5.82 Å². The highest BCUT2D eigenvalue weighted by Crippen LogP contribution is 2.53. The van der Waals surface area contributed by atoms with Gasteiger partial charge in [0.2, 0.25) is 0 Å². The van der Waals surface area contributed by atoms with E-state index in [1.165, 1.54) is 6.07 Å². The normalized spacial score (nSPS) is 17.6. The van der Waals surface area contributed by atoms with Gasteiger partial charge in [-0.25, -0.2) is 4.39 Å². The summed E-state index contributed by atoms with van der Waals surface area (Å²) in [6, 6.07) is 12.6. The van der Waals surface area contributed by atoms with E-state index in [1.807, 2.05) is 30.3 Å². The first-order valence-corrected chi connectivity index (χ1v) is 8.63. The minimum atomic E-state index is -0.192. The van der Waals surface area contributed by atoms with Crippen molar-refractivity contribution < 1.29 is 9.18 Å². The molecule has 1 aromatic heterocycles. The van der Waals surface area contributed by atoms with Crippen LogP contribution < -0.4 is 4.90 Å². The average Bonchev–Trinajstić information content (AvgIpc) is 2.98. The summed E-state index contributed by atoms with van der Waals surface area (Å²) >= 11 is 0. The van der Waals surface area contributed by atoms with E-state index in [1.54, 1.807) is 23.4 Å². The molecule has 1 spiro atoms. The van der Waals surface area contributed by atoms with Crippen LogP contribution in [0.4, 0.5) is 10.1 Å². The molecule has 124 valence electrons.